The number of rotatable bonds is 6. The summed E-state index contributed by atoms with van der Waals surface area (Å²) in [6.45, 7) is 9.09. The summed E-state index contributed by atoms with van der Waals surface area (Å²) in [5.41, 5.74) is -0.290. The molecule has 0 aromatic heterocycles. The van der Waals surface area contributed by atoms with Gasteiger partial charge < -0.3 is 20.0 Å². The van der Waals surface area contributed by atoms with Crippen molar-refractivity contribution in [3.05, 3.63) is 10.6 Å². The number of carboxylic acids is 1. The summed E-state index contributed by atoms with van der Waals surface area (Å²) in [5, 5.41) is 19.6. The lowest BCUT2D eigenvalue weighted by Gasteiger charge is -2.46. The maximum atomic E-state index is 12.8. The van der Waals surface area contributed by atoms with Crippen molar-refractivity contribution in [2.24, 2.45) is 11.8 Å². The Bertz CT molecular complexity index is 795. The molecule has 0 saturated carbocycles. The number of β-lactam (4-membered cyclic amide) rings is 1. The van der Waals surface area contributed by atoms with Crippen molar-refractivity contribution < 1.29 is 24.6 Å². The Morgan fingerprint density at radius 3 is 2.59 bits per heavy atom. The van der Waals surface area contributed by atoms with Crippen LogP contribution in [-0.4, -0.2) is 85.4 Å². The molecule has 0 unspecified atom stereocenters. The largest absolute Gasteiger partial charge is 0.477 e. The van der Waals surface area contributed by atoms with E-state index in [1.807, 2.05) is 11.8 Å². The van der Waals surface area contributed by atoms with Crippen LogP contribution in [0.2, 0.25) is 0 Å². The second kappa shape index (κ2) is 6.99. The maximum absolute atomic E-state index is 12.8. The predicted octanol–water partition coefficient (Wildman–Crippen LogP) is 0.916. The molecule has 0 aromatic rings. The van der Waals surface area contributed by atoms with E-state index in [-0.39, 0.29) is 41.2 Å². The van der Waals surface area contributed by atoms with Crippen molar-refractivity contribution in [3.8, 4) is 0 Å². The summed E-state index contributed by atoms with van der Waals surface area (Å²) in [4.78, 5) is 43.3. The molecule has 4 rings (SSSR count). The second-order valence-corrected chi connectivity index (χ2v) is 10.1. The van der Waals surface area contributed by atoms with E-state index >= 15 is 0 Å². The molecular weight excluding hydrogens is 394 g/mol. The van der Waals surface area contributed by atoms with E-state index < -0.39 is 18.0 Å². The number of carboxylic acid groups (broad SMARTS) is 1. The van der Waals surface area contributed by atoms with E-state index in [0.29, 0.717) is 17.2 Å². The summed E-state index contributed by atoms with van der Waals surface area (Å²) >= 11 is 1.42. The maximum Gasteiger partial charge on any atom is 0.353 e. The molecule has 29 heavy (non-hydrogen) atoms. The summed E-state index contributed by atoms with van der Waals surface area (Å²) in [7, 11) is 0. The Balaban J connectivity index is 1.48. The van der Waals surface area contributed by atoms with Gasteiger partial charge in [0, 0.05) is 29.7 Å². The highest BCUT2D eigenvalue weighted by atomic mass is 32.2. The minimum atomic E-state index is -1.11. The number of aliphatic carboxylic acids is 1. The molecule has 0 spiro atoms. The number of carbonyl (C=O) groups excluding carboxylic acids is 2. The molecule has 8 nitrogen and oxygen atoms in total. The first-order valence-corrected chi connectivity index (χ1v) is 11.3. The normalized spacial score (nSPS) is 34.5. The zero-order valence-electron chi connectivity index (χ0n) is 17.3. The topological polar surface area (TPSA) is 101 Å². The Hall–Kier alpha value is -1.58. The van der Waals surface area contributed by atoms with E-state index in [0.717, 1.165) is 19.4 Å². The van der Waals surface area contributed by atoms with Crippen LogP contribution in [0.15, 0.2) is 10.6 Å². The van der Waals surface area contributed by atoms with Gasteiger partial charge in [-0.2, -0.15) is 0 Å². The molecule has 5 atom stereocenters. The minimum absolute atomic E-state index is 0.0272. The fraction of sp³-hybridized carbons (Fsp3) is 0.750. The molecule has 3 fully saturated rings. The van der Waals surface area contributed by atoms with E-state index in [1.54, 1.807) is 6.92 Å². The van der Waals surface area contributed by atoms with Crippen LogP contribution >= 0.6 is 11.8 Å². The molecular formula is C20H29N3O5S. The molecule has 4 heterocycles. The van der Waals surface area contributed by atoms with Gasteiger partial charge in [-0.15, -0.1) is 11.8 Å². The summed E-state index contributed by atoms with van der Waals surface area (Å²) in [6.07, 6.45) is 1.14. The minimum Gasteiger partial charge on any atom is -0.477 e. The van der Waals surface area contributed by atoms with E-state index in [2.05, 4.69) is 18.7 Å². The molecule has 0 aromatic carbocycles. The summed E-state index contributed by atoms with van der Waals surface area (Å²) in [5.74, 6) is -1.40. The number of amides is 2. The first kappa shape index (κ1) is 20.7. The Morgan fingerprint density at radius 2 is 2.00 bits per heavy atom. The molecule has 0 bridgehead atoms. The number of aliphatic hydroxyl groups is 1. The van der Waals surface area contributed by atoms with Crippen molar-refractivity contribution in [3.63, 3.8) is 0 Å². The molecule has 2 N–H and O–H groups in total. The number of hydrogen-bond acceptors (Lipinski definition) is 6. The highest BCUT2D eigenvalue weighted by Gasteiger charge is 2.60. The van der Waals surface area contributed by atoms with Crippen molar-refractivity contribution in [2.45, 2.75) is 64.4 Å². The highest BCUT2D eigenvalue weighted by molar-refractivity contribution is 8.03. The van der Waals surface area contributed by atoms with Crippen LogP contribution in [0.3, 0.4) is 0 Å². The number of carbonyl (C=O) groups is 3. The number of hydrogen-bond donors (Lipinski definition) is 2. The highest BCUT2D eigenvalue weighted by Crippen LogP contribution is 2.50. The van der Waals surface area contributed by atoms with Gasteiger partial charge in [-0.05, 0) is 33.6 Å². The first-order valence-electron chi connectivity index (χ1n) is 10.3. The van der Waals surface area contributed by atoms with Crippen molar-refractivity contribution in [1.82, 2.24) is 14.7 Å². The first-order chi connectivity index (χ1) is 13.6. The number of fused-ring (bicyclic) bond motifs is 2. The van der Waals surface area contributed by atoms with Gasteiger partial charge >= 0.3 is 5.97 Å². The number of thioether (sulfide) groups is 1. The van der Waals surface area contributed by atoms with Gasteiger partial charge in [0.05, 0.1) is 29.8 Å². The zero-order valence-corrected chi connectivity index (χ0v) is 18.1. The Kier molecular flexibility index (Phi) is 4.99. The third kappa shape index (κ3) is 2.84. The van der Waals surface area contributed by atoms with Crippen molar-refractivity contribution >= 4 is 29.5 Å². The van der Waals surface area contributed by atoms with Crippen LogP contribution in [0.25, 0.3) is 0 Å². The van der Waals surface area contributed by atoms with Gasteiger partial charge in [0.15, 0.2) is 0 Å². The zero-order chi connectivity index (χ0) is 21.2. The van der Waals surface area contributed by atoms with Crippen LogP contribution in [0, 0.1) is 11.8 Å². The Labute approximate surface area is 174 Å². The molecule has 0 radical (unpaired) electrons. The fourth-order valence-electron chi connectivity index (χ4n) is 5.63. The third-order valence-corrected chi connectivity index (χ3v) is 8.31. The number of aliphatic hydroxyl groups excluding tert-OH is 1. The average Bonchev–Trinajstić information content (AvgIpc) is 3.25. The van der Waals surface area contributed by atoms with Crippen molar-refractivity contribution in [1.29, 1.82) is 0 Å². The molecule has 4 aliphatic rings. The van der Waals surface area contributed by atoms with Gasteiger partial charge in [-0.1, -0.05) is 6.92 Å². The van der Waals surface area contributed by atoms with Gasteiger partial charge in [0.25, 0.3) is 0 Å². The van der Waals surface area contributed by atoms with Gasteiger partial charge in [-0.25, -0.2) is 4.79 Å². The van der Waals surface area contributed by atoms with E-state index in [9.17, 15) is 24.6 Å². The Morgan fingerprint density at radius 1 is 1.31 bits per heavy atom. The quantitative estimate of drug-likeness (QED) is 0.613. The SMILES string of the molecule is C[C@@H](O)[C@H]1C(=O)N2C(C(=O)O)=C(SCCN3C(=O)[C@H]4CCCN4C3(C)C)[C@H](C)[C@H]12. The van der Waals surface area contributed by atoms with Crippen LogP contribution in [0.4, 0.5) is 0 Å². The molecule has 0 aliphatic carbocycles. The molecule has 160 valence electrons. The monoisotopic (exact) mass is 423 g/mol. The molecule has 2 amide bonds. The van der Waals surface area contributed by atoms with Gasteiger partial charge in [0.1, 0.15) is 5.70 Å². The van der Waals surface area contributed by atoms with Crippen LogP contribution in [0.1, 0.15) is 40.5 Å². The smallest absolute Gasteiger partial charge is 0.353 e. The average molecular weight is 424 g/mol. The second-order valence-electron chi connectivity index (χ2n) is 8.96. The summed E-state index contributed by atoms with van der Waals surface area (Å²) in [6, 6.07) is -0.327. The molecule has 3 saturated heterocycles. The molecule has 9 heteroatoms. The van der Waals surface area contributed by atoms with Crippen molar-refractivity contribution in [2.75, 3.05) is 18.8 Å². The van der Waals surface area contributed by atoms with E-state index in [1.165, 1.54) is 16.7 Å². The summed E-state index contributed by atoms with van der Waals surface area (Å²) < 4.78 is 0. The fourth-order valence-corrected chi connectivity index (χ4v) is 6.85. The van der Waals surface area contributed by atoms with E-state index in [4.69, 9.17) is 0 Å². The lowest BCUT2D eigenvalue weighted by Crippen LogP contribution is -2.63. The number of nitrogens with zero attached hydrogens (tertiary/aromatic N) is 3. The van der Waals surface area contributed by atoms with Gasteiger partial charge in [0.2, 0.25) is 11.8 Å². The molecule has 4 aliphatic heterocycles. The van der Waals surface area contributed by atoms with Gasteiger partial charge in [-0.3, -0.25) is 14.5 Å². The predicted molar refractivity (Wildman–Crippen MR) is 108 cm³/mol. The van der Waals surface area contributed by atoms with Crippen LogP contribution in [0.5, 0.6) is 0 Å². The lowest BCUT2D eigenvalue weighted by molar-refractivity contribution is -0.163. The van der Waals surface area contributed by atoms with Crippen LogP contribution < -0.4 is 0 Å². The third-order valence-electron chi connectivity index (χ3n) is 7.05. The standard InChI is InChI=1S/C20H29N3O5S/c1-10-14-13(11(2)24)18(26)23(14)15(19(27)28)16(10)29-9-8-22-17(25)12-6-5-7-21(12)20(22,3)4/h10-14,24H,5-9H2,1-4H3,(H,27,28)/t10-,11-,12-,13-,14-/m1/s1. The lowest BCUT2D eigenvalue weighted by atomic mass is 9.79. The van der Waals surface area contributed by atoms with Crippen LogP contribution in [-0.2, 0) is 14.4 Å².